The van der Waals surface area contributed by atoms with Crippen LogP contribution in [0.5, 0.6) is 0 Å². The molecule has 2 aromatic rings. The number of hydrogen-bond donors (Lipinski definition) is 0. The van der Waals surface area contributed by atoms with Crippen LogP contribution >= 0.6 is 0 Å². The lowest BCUT2D eigenvalue weighted by molar-refractivity contribution is 0.358. The van der Waals surface area contributed by atoms with Gasteiger partial charge in [0.15, 0.2) is 5.82 Å². The fraction of sp³-hybridized carbons (Fsp3) is 0.533. The van der Waals surface area contributed by atoms with Crippen LogP contribution in [0.2, 0.25) is 0 Å². The second-order valence-corrected chi connectivity index (χ2v) is 8.16. The van der Waals surface area contributed by atoms with E-state index < -0.39 is 10.2 Å². The molecule has 3 rings (SSSR count). The van der Waals surface area contributed by atoms with E-state index in [4.69, 9.17) is 4.52 Å². The quantitative estimate of drug-likeness (QED) is 0.832. The minimum absolute atomic E-state index is 0.278. The third-order valence-corrected chi connectivity index (χ3v) is 6.19. The predicted molar refractivity (Wildman–Crippen MR) is 88.3 cm³/mol. The first-order chi connectivity index (χ1) is 11.3. The number of aromatic nitrogens is 3. The first kappa shape index (κ1) is 17.0. The summed E-state index contributed by atoms with van der Waals surface area (Å²) in [5.74, 6) is 1.16. The lowest BCUT2D eigenvalue weighted by atomic mass is 10.1. The van der Waals surface area contributed by atoms with E-state index >= 15 is 0 Å². The van der Waals surface area contributed by atoms with Gasteiger partial charge in [-0.25, -0.2) is 9.97 Å². The summed E-state index contributed by atoms with van der Waals surface area (Å²) in [7, 11) is -0.398. The Labute approximate surface area is 141 Å². The molecule has 0 spiro atoms. The molecule has 0 saturated carbocycles. The van der Waals surface area contributed by atoms with Gasteiger partial charge >= 0.3 is 0 Å². The fourth-order valence-electron chi connectivity index (χ4n) is 3.00. The van der Waals surface area contributed by atoms with Gasteiger partial charge in [-0.2, -0.15) is 17.0 Å². The Kier molecular flexibility index (Phi) is 4.41. The molecule has 9 heteroatoms. The highest BCUT2D eigenvalue weighted by molar-refractivity contribution is 7.86. The highest BCUT2D eigenvalue weighted by Crippen LogP contribution is 2.34. The predicted octanol–water partition coefficient (Wildman–Crippen LogP) is 1.69. The van der Waals surface area contributed by atoms with Crippen molar-refractivity contribution < 1.29 is 12.9 Å². The molecule has 0 aromatic carbocycles. The number of hydrogen-bond acceptors (Lipinski definition) is 6. The van der Waals surface area contributed by atoms with Crippen molar-refractivity contribution in [1.82, 2.24) is 23.7 Å². The van der Waals surface area contributed by atoms with Crippen molar-refractivity contribution in [3.8, 4) is 11.4 Å². The van der Waals surface area contributed by atoms with Crippen LogP contribution in [-0.4, -0.2) is 52.8 Å². The summed E-state index contributed by atoms with van der Waals surface area (Å²) < 4.78 is 33.0. The summed E-state index contributed by atoms with van der Waals surface area (Å²) in [6, 6.07) is 1.50. The molecule has 1 unspecified atom stereocenters. The number of rotatable bonds is 4. The van der Waals surface area contributed by atoms with Crippen LogP contribution in [0.25, 0.3) is 11.4 Å². The molecular formula is C15H21N5O3S. The van der Waals surface area contributed by atoms with Crippen LogP contribution in [0, 0.1) is 13.8 Å². The van der Waals surface area contributed by atoms with Gasteiger partial charge in [0.25, 0.3) is 10.2 Å². The third-order valence-electron chi connectivity index (χ3n) is 4.24. The van der Waals surface area contributed by atoms with E-state index in [0.29, 0.717) is 29.5 Å². The van der Waals surface area contributed by atoms with Crippen molar-refractivity contribution in [3.05, 3.63) is 29.4 Å². The maximum Gasteiger partial charge on any atom is 0.282 e. The molecule has 1 atom stereocenters. The lowest BCUT2D eigenvalue weighted by Gasteiger charge is -2.26. The van der Waals surface area contributed by atoms with Crippen LogP contribution in [0.15, 0.2) is 16.8 Å². The molecular weight excluding hydrogens is 330 g/mol. The minimum atomic E-state index is -3.48. The second-order valence-electron chi connectivity index (χ2n) is 6.06. The van der Waals surface area contributed by atoms with Crippen LogP contribution in [0.3, 0.4) is 0 Å². The Hall–Kier alpha value is -1.84. The molecule has 3 heterocycles. The SMILES string of the molecule is Cc1noc(C)c1-c1nccc(C2CCCN2S(=O)(=O)N(C)C)n1. The van der Waals surface area contributed by atoms with Crippen LogP contribution in [0.1, 0.15) is 36.0 Å². The molecule has 1 aliphatic heterocycles. The fourth-order valence-corrected chi connectivity index (χ4v) is 4.32. The highest BCUT2D eigenvalue weighted by Gasteiger charge is 2.37. The first-order valence-electron chi connectivity index (χ1n) is 7.78. The molecule has 0 N–H and O–H groups in total. The highest BCUT2D eigenvalue weighted by atomic mass is 32.2. The molecule has 8 nitrogen and oxygen atoms in total. The molecule has 0 bridgehead atoms. The average Bonchev–Trinajstić information content (AvgIpc) is 3.15. The topological polar surface area (TPSA) is 92.4 Å². The van der Waals surface area contributed by atoms with E-state index in [1.54, 1.807) is 26.4 Å². The van der Waals surface area contributed by atoms with Gasteiger partial charge in [-0.3, -0.25) is 0 Å². The summed E-state index contributed by atoms with van der Waals surface area (Å²) >= 11 is 0. The molecule has 0 aliphatic carbocycles. The van der Waals surface area contributed by atoms with Crippen LogP contribution < -0.4 is 0 Å². The Balaban J connectivity index is 2.00. The van der Waals surface area contributed by atoms with Gasteiger partial charge < -0.3 is 4.52 Å². The maximum atomic E-state index is 12.5. The monoisotopic (exact) mass is 351 g/mol. The number of aryl methyl sites for hydroxylation is 2. The Bertz CT molecular complexity index is 827. The lowest BCUT2D eigenvalue weighted by Crippen LogP contribution is -2.39. The third kappa shape index (κ3) is 2.83. The number of nitrogens with zero attached hydrogens (tertiary/aromatic N) is 5. The molecule has 1 saturated heterocycles. The second kappa shape index (κ2) is 6.23. The maximum absolute atomic E-state index is 12.5. The summed E-state index contributed by atoms with van der Waals surface area (Å²) in [5.41, 5.74) is 2.17. The largest absolute Gasteiger partial charge is 0.361 e. The van der Waals surface area contributed by atoms with Crippen molar-refractivity contribution in [3.63, 3.8) is 0 Å². The standard InChI is InChI=1S/C15H21N5O3S/c1-10-14(11(2)23-18-10)15-16-8-7-12(17-15)13-6-5-9-20(13)24(21,22)19(3)4/h7-8,13H,5-6,9H2,1-4H3. The van der Waals surface area contributed by atoms with Crippen LogP contribution in [-0.2, 0) is 10.2 Å². The van der Waals surface area contributed by atoms with E-state index in [1.807, 2.05) is 13.8 Å². The van der Waals surface area contributed by atoms with Crippen LogP contribution in [0.4, 0.5) is 0 Å². The van der Waals surface area contributed by atoms with E-state index in [0.717, 1.165) is 18.4 Å². The van der Waals surface area contributed by atoms with Gasteiger partial charge in [0.1, 0.15) is 5.76 Å². The van der Waals surface area contributed by atoms with Gasteiger partial charge in [-0.1, -0.05) is 5.16 Å². The van der Waals surface area contributed by atoms with Crippen molar-refractivity contribution in [2.24, 2.45) is 0 Å². The Morgan fingerprint density at radius 3 is 2.71 bits per heavy atom. The summed E-state index contributed by atoms with van der Waals surface area (Å²) in [4.78, 5) is 8.91. The first-order valence-corrected chi connectivity index (χ1v) is 9.17. The summed E-state index contributed by atoms with van der Waals surface area (Å²) in [5, 5.41) is 3.93. The normalized spacial score (nSPS) is 19.3. The zero-order valence-corrected chi connectivity index (χ0v) is 15.0. The zero-order chi connectivity index (χ0) is 17.5. The summed E-state index contributed by atoms with van der Waals surface area (Å²) in [6.45, 7) is 4.14. The average molecular weight is 351 g/mol. The molecule has 24 heavy (non-hydrogen) atoms. The minimum Gasteiger partial charge on any atom is -0.361 e. The van der Waals surface area contributed by atoms with Crippen molar-refractivity contribution in [2.45, 2.75) is 32.7 Å². The van der Waals surface area contributed by atoms with E-state index in [-0.39, 0.29) is 6.04 Å². The van der Waals surface area contributed by atoms with E-state index in [1.165, 1.54) is 8.61 Å². The van der Waals surface area contributed by atoms with E-state index in [2.05, 4.69) is 15.1 Å². The summed E-state index contributed by atoms with van der Waals surface area (Å²) in [6.07, 6.45) is 3.20. The van der Waals surface area contributed by atoms with E-state index in [9.17, 15) is 8.42 Å². The molecule has 2 aromatic heterocycles. The van der Waals surface area contributed by atoms with Crippen molar-refractivity contribution in [2.75, 3.05) is 20.6 Å². The molecule has 0 amide bonds. The van der Waals surface area contributed by atoms with Gasteiger partial charge in [-0.15, -0.1) is 0 Å². The molecule has 1 fully saturated rings. The Morgan fingerprint density at radius 2 is 2.08 bits per heavy atom. The van der Waals surface area contributed by atoms with Crippen molar-refractivity contribution in [1.29, 1.82) is 0 Å². The zero-order valence-electron chi connectivity index (χ0n) is 14.2. The van der Waals surface area contributed by atoms with Gasteiger partial charge in [0.2, 0.25) is 0 Å². The van der Waals surface area contributed by atoms with Gasteiger partial charge in [-0.05, 0) is 32.8 Å². The molecule has 0 radical (unpaired) electrons. The van der Waals surface area contributed by atoms with Gasteiger partial charge in [0.05, 0.1) is 23.0 Å². The Morgan fingerprint density at radius 1 is 1.33 bits per heavy atom. The molecule has 130 valence electrons. The van der Waals surface area contributed by atoms with Crippen molar-refractivity contribution >= 4 is 10.2 Å². The smallest absolute Gasteiger partial charge is 0.282 e. The molecule has 1 aliphatic rings. The van der Waals surface area contributed by atoms with Gasteiger partial charge in [0, 0.05) is 26.8 Å².